The van der Waals surface area contributed by atoms with Crippen LogP contribution in [0.2, 0.25) is 0 Å². The van der Waals surface area contributed by atoms with Gasteiger partial charge in [0.05, 0.1) is 11.0 Å². The van der Waals surface area contributed by atoms with Crippen LogP contribution in [0.15, 0.2) is 22.5 Å². The number of esters is 1. The maximum Gasteiger partial charge on any atom is 0.325 e. The van der Waals surface area contributed by atoms with Crippen molar-refractivity contribution in [3.8, 4) is 0 Å². The molecule has 1 aliphatic heterocycles. The predicted octanol–water partition coefficient (Wildman–Crippen LogP) is 2.89. The Bertz CT molecular complexity index is 391. The Balaban J connectivity index is 2.44. The first-order valence-electron chi connectivity index (χ1n) is 4.91. The Labute approximate surface area is 117 Å². The SMILES string of the molecule is CC(C)OC(=O)CNC(=O)C1=CC=CS1(Br)Br. The molecule has 1 amide bonds. The summed E-state index contributed by atoms with van der Waals surface area (Å²) >= 11 is 6.85. The molecule has 1 heterocycles. The summed E-state index contributed by atoms with van der Waals surface area (Å²) < 4.78 is 4.91. The van der Waals surface area contributed by atoms with Crippen LogP contribution in [0.5, 0.6) is 0 Å². The first-order valence-corrected chi connectivity index (χ1v) is 10.3. The van der Waals surface area contributed by atoms with E-state index < -0.39 is 12.9 Å². The minimum atomic E-state index is -1.52. The Morgan fingerprint density at radius 1 is 1.47 bits per heavy atom. The minimum Gasteiger partial charge on any atom is -0.462 e. The van der Waals surface area contributed by atoms with E-state index >= 15 is 0 Å². The third-order valence-electron chi connectivity index (χ3n) is 1.77. The lowest BCUT2D eigenvalue weighted by Crippen LogP contribution is -2.32. The molecule has 0 spiro atoms. The van der Waals surface area contributed by atoms with Crippen LogP contribution in [0.1, 0.15) is 13.8 Å². The van der Waals surface area contributed by atoms with Crippen LogP contribution in [0.4, 0.5) is 0 Å². The molecule has 0 aromatic heterocycles. The number of ether oxygens (including phenoxy) is 1. The Kier molecular flexibility index (Phi) is 5.27. The number of amides is 1. The van der Waals surface area contributed by atoms with Crippen LogP contribution in [-0.2, 0) is 14.3 Å². The summed E-state index contributed by atoms with van der Waals surface area (Å²) in [5, 5.41) is 4.39. The van der Waals surface area contributed by atoms with Gasteiger partial charge in [0, 0.05) is 0 Å². The van der Waals surface area contributed by atoms with Gasteiger partial charge in [0.1, 0.15) is 6.54 Å². The fourth-order valence-electron chi connectivity index (χ4n) is 1.13. The highest BCUT2D eigenvalue weighted by molar-refractivity contribution is 9.92. The van der Waals surface area contributed by atoms with Gasteiger partial charge in [-0.3, -0.25) is 9.59 Å². The van der Waals surface area contributed by atoms with Gasteiger partial charge in [-0.1, -0.05) is 13.0 Å². The van der Waals surface area contributed by atoms with Crippen LogP contribution in [0, 0.1) is 0 Å². The molecule has 0 saturated heterocycles. The zero-order valence-corrected chi connectivity index (χ0v) is 13.4. The summed E-state index contributed by atoms with van der Waals surface area (Å²) in [5.74, 6) is -0.718. The van der Waals surface area contributed by atoms with Crippen molar-refractivity contribution < 1.29 is 14.3 Å². The summed E-state index contributed by atoms with van der Waals surface area (Å²) in [4.78, 5) is 23.6. The molecule has 0 radical (unpaired) electrons. The summed E-state index contributed by atoms with van der Waals surface area (Å²) in [6, 6.07) is 0. The lowest BCUT2D eigenvalue weighted by molar-refractivity contribution is -0.147. The van der Waals surface area contributed by atoms with Gasteiger partial charge in [-0.15, -0.1) is 0 Å². The highest BCUT2D eigenvalue weighted by Crippen LogP contribution is 2.72. The van der Waals surface area contributed by atoms with Crippen LogP contribution in [0.3, 0.4) is 0 Å². The van der Waals surface area contributed by atoms with Crippen molar-refractivity contribution in [3.63, 3.8) is 0 Å². The van der Waals surface area contributed by atoms with Crippen LogP contribution in [0.25, 0.3) is 0 Å². The van der Waals surface area contributed by atoms with Gasteiger partial charge in [0.2, 0.25) is 0 Å². The molecular weight excluding hydrogens is 374 g/mol. The number of halogens is 2. The van der Waals surface area contributed by atoms with Gasteiger partial charge in [-0.25, -0.2) is 0 Å². The molecule has 1 rings (SSSR count). The van der Waals surface area contributed by atoms with Gasteiger partial charge in [-0.2, -0.15) is 0 Å². The minimum absolute atomic E-state index is 0.121. The average molecular weight is 387 g/mol. The largest absolute Gasteiger partial charge is 0.462 e. The molecule has 4 nitrogen and oxygen atoms in total. The summed E-state index contributed by atoms with van der Waals surface area (Å²) in [6.45, 7) is 1.88. The van der Waals surface area contributed by atoms with Gasteiger partial charge in [0.15, 0.2) is 0 Å². The second kappa shape index (κ2) is 6.06. The number of carbonyl (C=O) groups excluding carboxylic acids is 2. The second-order valence-corrected chi connectivity index (χ2v) is 14.1. The van der Waals surface area contributed by atoms with Gasteiger partial charge >= 0.3 is 5.97 Å². The van der Waals surface area contributed by atoms with Crippen LogP contribution in [-0.4, -0.2) is 24.5 Å². The van der Waals surface area contributed by atoms with Gasteiger partial charge < -0.3 is 10.1 Å². The zero-order chi connectivity index (χ0) is 13.1. The molecule has 0 bridgehead atoms. The Morgan fingerprint density at radius 3 is 2.59 bits per heavy atom. The monoisotopic (exact) mass is 385 g/mol. The van der Waals surface area contributed by atoms with Crippen molar-refractivity contribution in [2.24, 2.45) is 0 Å². The molecule has 0 atom stereocenters. The molecule has 17 heavy (non-hydrogen) atoms. The van der Waals surface area contributed by atoms with E-state index in [1.165, 1.54) is 0 Å². The number of hydrogen-bond donors (Lipinski definition) is 1. The Morgan fingerprint density at radius 2 is 2.12 bits per heavy atom. The lowest BCUT2D eigenvalue weighted by atomic mass is 10.4. The topological polar surface area (TPSA) is 55.4 Å². The number of carbonyl (C=O) groups is 2. The van der Waals surface area contributed by atoms with Crippen molar-refractivity contribution in [2.45, 2.75) is 20.0 Å². The molecule has 0 unspecified atom stereocenters. The van der Waals surface area contributed by atoms with E-state index in [0.717, 1.165) is 0 Å². The molecule has 0 fully saturated rings. The molecule has 0 aliphatic carbocycles. The van der Waals surface area contributed by atoms with Crippen LogP contribution >= 0.6 is 36.5 Å². The number of hydrogen-bond acceptors (Lipinski definition) is 3. The van der Waals surface area contributed by atoms with Gasteiger partial charge in [0.25, 0.3) is 5.91 Å². The van der Waals surface area contributed by atoms with E-state index in [4.69, 9.17) is 4.74 Å². The molecule has 7 heteroatoms. The quantitative estimate of drug-likeness (QED) is 0.755. The fraction of sp³-hybridized carbons (Fsp3) is 0.400. The number of nitrogens with one attached hydrogen (secondary N) is 1. The Hall–Kier alpha value is -0.270. The fourth-order valence-corrected chi connectivity index (χ4v) is 4.41. The number of allylic oxidation sites excluding steroid dienone is 2. The normalized spacial score (nSPS) is 18.8. The van der Waals surface area contributed by atoms with E-state index in [1.54, 1.807) is 26.0 Å². The van der Waals surface area contributed by atoms with E-state index in [-0.39, 0.29) is 18.6 Å². The lowest BCUT2D eigenvalue weighted by Gasteiger charge is -2.20. The van der Waals surface area contributed by atoms with Crippen molar-refractivity contribution in [1.29, 1.82) is 0 Å². The summed E-state index contributed by atoms with van der Waals surface area (Å²) in [7, 11) is 0. The van der Waals surface area contributed by atoms with Crippen molar-refractivity contribution in [2.75, 3.05) is 6.54 Å². The maximum atomic E-state index is 11.8. The van der Waals surface area contributed by atoms with E-state index in [0.29, 0.717) is 4.91 Å². The molecule has 1 aliphatic rings. The molecule has 0 aromatic rings. The van der Waals surface area contributed by atoms with E-state index in [9.17, 15) is 9.59 Å². The highest BCUT2D eigenvalue weighted by atomic mass is 79.9. The van der Waals surface area contributed by atoms with Gasteiger partial charge in [-0.05, 0) is 55.0 Å². The standard InChI is InChI=1S/C10H13Br2NO3S/c1-7(2)16-9(14)6-13-10(15)8-4-3-5-17(8,11)12/h3-5,7H,6H2,1-2H3,(H,13,15). The number of rotatable bonds is 4. The third kappa shape index (κ3) is 4.48. The molecule has 96 valence electrons. The van der Waals surface area contributed by atoms with E-state index in [2.05, 4.69) is 34.9 Å². The first kappa shape index (κ1) is 14.8. The van der Waals surface area contributed by atoms with Crippen molar-refractivity contribution >= 4 is 48.4 Å². The second-order valence-electron chi connectivity index (χ2n) is 3.59. The first-order chi connectivity index (χ1) is 7.83. The van der Waals surface area contributed by atoms with Crippen molar-refractivity contribution in [3.05, 3.63) is 22.5 Å². The average Bonchev–Trinajstić information content (AvgIpc) is 2.53. The highest BCUT2D eigenvalue weighted by Gasteiger charge is 2.28. The maximum absolute atomic E-state index is 11.8. The molecular formula is C10H13Br2NO3S. The van der Waals surface area contributed by atoms with E-state index in [1.807, 2.05) is 5.41 Å². The third-order valence-corrected chi connectivity index (χ3v) is 6.57. The molecule has 0 saturated carbocycles. The molecule has 0 aromatic carbocycles. The smallest absolute Gasteiger partial charge is 0.325 e. The predicted molar refractivity (Wildman–Crippen MR) is 76.9 cm³/mol. The summed E-state index contributed by atoms with van der Waals surface area (Å²) in [6.07, 6.45) is 3.33. The molecule has 1 N–H and O–H groups in total. The zero-order valence-electron chi connectivity index (χ0n) is 9.41. The van der Waals surface area contributed by atoms with Crippen LogP contribution < -0.4 is 5.32 Å². The summed E-state index contributed by atoms with van der Waals surface area (Å²) in [5.41, 5.74) is 0. The van der Waals surface area contributed by atoms with Crippen molar-refractivity contribution in [1.82, 2.24) is 5.32 Å².